The van der Waals surface area contributed by atoms with Crippen LogP contribution in [-0.2, 0) is 19.9 Å². The summed E-state index contributed by atoms with van der Waals surface area (Å²) in [4.78, 5) is 0. The van der Waals surface area contributed by atoms with Gasteiger partial charge in [-0.2, -0.15) is 5.10 Å². The molecule has 0 radical (unpaired) electrons. The van der Waals surface area contributed by atoms with E-state index in [-0.39, 0.29) is 11.5 Å². The Morgan fingerprint density at radius 1 is 1.39 bits per heavy atom. The Bertz CT molecular complexity index is 390. The number of aryl methyl sites for hydroxylation is 2. The van der Waals surface area contributed by atoms with E-state index >= 15 is 0 Å². The molecule has 0 saturated heterocycles. The van der Waals surface area contributed by atoms with Crippen LogP contribution in [0.15, 0.2) is 0 Å². The molecule has 0 aliphatic rings. The SMILES string of the molecule is CCc1nn(C)c(CCCC(N)C(C)(C)C)c1Cl. The molecule has 1 heterocycles. The molecule has 0 amide bonds. The smallest absolute Gasteiger partial charge is 0.0849 e. The minimum absolute atomic E-state index is 0.171. The fourth-order valence-corrected chi connectivity index (χ4v) is 2.40. The molecule has 0 bridgehead atoms. The molecule has 4 heteroatoms. The molecule has 0 aromatic carbocycles. The highest BCUT2D eigenvalue weighted by molar-refractivity contribution is 6.31. The van der Waals surface area contributed by atoms with Gasteiger partial charge in [0.25, 0.3) is 0 Å². The van der Waals surface area contributed by atoms with Crippen LogP contribution < -0.4 is 5.73 Å². The molecule has 1 aromatic rings. The van der Waals surface area contributed by atoms with Gasteiger partial charge in [-0.3, -0.25) is 4.68 Å². The summed E-state index contributed by atoms with van der Waals surface area (Å²) >= 11 is 6.32. The van der Waals surface area contributed by atoms with Gasteiger partial charge in [0.05, 0.1) is 16.4 Å². The van der Waals surface area contributed by atoms with Crippen molar-refractivity contribution in [3.63, 3.8) is 0 Å². The Labute approximate surface area is 116 Å². The number of nitrogens with zero attached hydrogens (tertiary/aromatic N) is 2. The summed E-state index contributed by atoms with van der Waals surface area (Å²) in [6, 6.07) is 0.232. The van der Waals surface area contributed by atoms with Gasteiger partial charge in [0.1, 0.15) is 0 Å². The average Bonchev–Trinajstić information content (AvgIpc) is 2.54. The van der Waals surface area contributed by atoms with Gasteiger partial charge < -0.3 is 5.73 Å². The molecule has 2 N–H and O–H groups in total. The van der Waals surface area contributed by atoms with Crippen molar-refractivity contribution in [1.82, 2.24) is 9.78 Å². The third-order valence-electron chi connectivity index (χ3n) is 3.54. The van der Waals surface area contributed by atoms with Crippen LogP contribution in [0.4, 0.5) is 0 Å². The first-order valence-electron chi connectivity index (χ1n) is 6.73. The van der Waals surface area contributed by atoms with Crippen molar-refractivity contribution < 1.29 is 0 Å². The number of rotatable bonds is 5. The van der Waals surface area contributed by atoms with Crippen LogP contribution in [0.5, 0.6) is 0 Å². The summed E-state index contributed by atoms with van der Waals surface area (Å²) in [5.41, 5.74) is 8.47. The van der Waals surface area contributed by atoms with E-state index in [4.69, 9.17) is 17.3 Å². The van der Waals surface area contributed by atoms with Crippen LogP contribution in [0.25, 0.3) is 0 Å². The largest absolute Gasteiger partial charge is 0.327 e. The summed E-state index contributed by atoms with van der Waals surface area (Å²) in [6.07, 6.45) is 3.91. The van der Waals surface area contributed by atoms with Crippen LogP contribution in [-0.4, -0.2) is 15.8 Å². The molecule has 0 aliphatic carbocycles. The standard InChI is InChI=1S/C14H26ClN3/c1-6-10-13(15)11(18(5)17-10)8-7-9-12(16)14(2,3)4/h12H,6-9,16H2,1-5H3. The van der Waals surface area contributed by atoms with Crippen LogP contribution in [0.1, 0.15) is 51.9 Å². The lowest BCUT2D eigenvalue weighted by atomic mass is 9.84. The van der Waals surface area contributed by atoms with Crippen molar-refractivity contribution >= 4 is 11.6 Å². The van der Waals surface area contributed by atoms with Crippen molar-refractivity contribution in [2.24, 2.45) is 18.2 Å². The highest BCUT2D eigenvalue weighted by atomic mass is 35.5. The predicted molar refractivity (Wildman–Crippen MR) is 78.0 cm³/mol. The zero-order chi connectivity index (χ0) is 13.9. The first-order valence-corrected chi connectivity index (χ1v) is 7.11. The maximum atomic E-state index is 6.32. The zero-order valence-electron chi connectivity index (χ0n) is 12.3. The summed E-state index contributed by atoms with van der Waals surface area (Å²) in [6.45, 7) is 8.63. The van der Waals surface area contributed by atoms with Gasteiger partial charge in [0.2, 0.25) is 0 Å². The number of halogens is 1. The van der Waals surface area contributed by atoms with Crippen LogP contribution in [0.3, 0.4) is 0 Å². The summed E-state index contributed by atoms with van der Waals surface area (Å²) in [5.74, 6) is 0. The van der Waals surface area contributed by atoms with Crippen LogP contribution in [0, 0.1) is 5.41 Å². The monoisotopic (exact) mass is 271 g/mol. The molecule has 1 rings (SSSR count). The van der Waals surface area contributed by atoms with E-state index in [2.05, 4.69) is 32.8 Å². The minimum atomic E-state index is 0.171. The van der Waals surface area contributed by atoms with Crippen molar-refractivity contribution in [3.8, 4) is 0 Å². The number of nitrogens with two attached hydrogens (primary N) is 1. The average molecular weight is 272 g/mol. The molecular weight excluding hydrogens is 246 g/mol. The minimum Gasteiger partial charge on any atom is -0.327 e. The van der Waals surface area contributed by atoms with E-state index in [0.717, 1.165) is 42.1 Å². The topological polar surface area (TPSA) is 43.8 Å². The summed E-state index contributed by atoms with van der Waals surface area (Å²) < 4.78 is 1.91. The Kier molecular flexibility index (Phi) is 5.23. The van der Waals surface area contributed by atoms with E-state index in [1.165, 1.54) is 0 Å². The van der Waals surface area contributed by atoms with Crippen molar-refractivity contribution in [1.29, 1.82) is 0 Å². The fourth-order valence-electron chi connectivity index (χ4n) is 2.01. The lowest BCUT2D eigenvalue weighted by Crippen LogP contribution is -2.34. The second kappa shape index (κ2) is 6.07. The molecule has 0 fully saturated rings. The van der Waals surface area contributed by atoms with Crippen LogP contribution >= 0.6 is 11.6 Å². The zero-order valence-corrected chi connectivity index (χ0v) is 13.0. The van der Waals surface area contributed by atoms with Gasteiger partial charge in [-0.15, -0.1) is 0 Å². The molecule has 1 aromatic heterocycles. The Morgan fingerprint density at radius 3 is 2.44 bits per heavy atom. The van der Waals surface area contributed by atoms with E-state index in [0.29, 0.717) is 0 Å². The Morgan fingerprint density at radius 2 is 2.00 bits per heavy atom. The second-order valence-electron chi connectivity index (χ2n) is 6.05. The van der Waals surface area contributed by atoms with Crippen molar-refractivity contribution in [2.75, 3.05) is 0 Å². The van der Waals surface area contributed by atoms with E-state index in [9.17, 15) is 0 Å². The Balaban J connectivity index is 2.57. The first kappa shape index (κ1) is 15.5. The maximum absolute atomic E-state index is 6.32. The molecule has 3 nitrogen and oxygen atoms in total. The maximum Gasteiger partial charge on any atom is 0.0849 e. The molecule has 18 heavy (non-hydrogen) atoms. The van der Waals surface area contributed by atoms with Crippen LogP contribution in [0.2, 0.25) is 5.02 Å². The van der Waals surface area contributed by atoms with E-state index in [1.807, 2.05) is 11.7 Å². The highest BCUT2D eigenvalue weighted by Gasteiger charge is 2.20. The van der Waals surface area contributed by atoms with Gasteiger partial charge in [-0.25, -0.2) is 0 Å². The lowest BCUT2D eigenvalue weighted by molar-refractivity contribution is 0.301. The number of aromatic nitrogens is 2. The predicted octanol–water partition coefficient (Wildman–Crippen LogP) is 3.33. The van der Waals surface area contributed by atoms with Crippen molar-refractivity contribution in [3.05, 3.63) is 16.4 Å². The molecular formula is C14H26ClN3. The van der Waals surface area contributed by atoms with Gasteiger partial charge in [0, 0.05) is 13.1 Å². The van der Waals surface area contributed by atoms with Gasteiger partial charge in [0.15, 0.2) is 0 Å². The fraction of sp³-hybridized carbons (Fsp3) is 0.786. The Hall–Kier alpha value is -0.540. The second-order valence-corrected chi connectivity index (χ2v) is 6.43. The van der Waals surface area contributed by atoms with Crippen molar-refractivity contribution in [2.45, 2.75) is 59.4 Å². The first-order chi connectivity index (χ1) is 8.27. The number of hydrogen-bond acceptors (Lipinski definition) is 2. The molecule has 0 saturated carbocycles. The van der Waals surface area contributed by atoms with E-state index in [1.54, 1.807) is 0 Å². The summed E-state index contributed by atoms with van der Waals surface area (Å²) in [5, 5.41) is 5.27. The molecule has 104 valence electrons. The van der Waals surface area contributed by atoms with Gasteiger partial charge in [-0.05, 0) is 31.1 Å². The third kappa shape index (κ3) is 3.72. The quantitative estimate of drug-likeness (QED) is 0.893. The highest BCUT2D eigenvalue weighted by Crippen LogP contribution is 2.25. The lowest BCUT2D eigenvalue weighted by Gasteiger charge is -2.26. The normalized spacial score (nSPS) is 13.9. The van der Waals surface area contributed by atoms with Gasteiger partial charge >= 0.3 is 0 Å². The molecule has 0 spiro atoms. The summed E-state index contributed by atoms with van der Waals surface area (Å²) in [7, 11) is 1.96. The molecule has 1 atom stereocenters. The van der Waals surface area contributed by atoms with Gasteiger partial charge in [-0.1, -0.05) is 39.3 Å². The third-order valence-corrected chi connectivity index (χ3v) is 3.98. The molecule has 0 aliphatic heterocycles. The number of hydrogen-bond donors (Lipinski definition) is 1. The molecule has 1 unspecified atom stereocenters. The van der Waals surface area contributed by atoms with E-state index < -0.39 is 0 Å².